The van der Waals surface area contributed by atoms with Crippen molar-refractivity contribution >= 4 is 33.3 Å². The molecular weight excluding hydrogens is 456 g/mol. The highest BCUT2D eigenvalue weighted by Crippen LogP contribution is 2.38. The predicted octanol–water partition coefficient (Wildman–Crippen LogP) is 2.04. The molecule has 3 heterocycles. The summed E-state index contributed by atoms with van der Waals surface area (Å²) < 4.78 is 6.42. The number of aromatic nitrogens is 4. The summed E-state index contributed by atoms with van der Waals surface area (Å²) >= 11 is 1.54. The molecule has 3 aromatic rings. The van der Waals surface area contributed by atoms with Crippen LogP contribution in [-0.2, 0) is 4.74 Å². The van der Waals surface area contributed by atoms with Gasteiger partial charge in [-0.1, -0.05) is 0 Å². The van der Waals surface area contributed by atoms with Crippen LogP contribution >= 0.6 is 11.3 Å². The first-order valence-corrected chi connectivity index (χ1v) is 12.3. The Bertz CT molecular complexity index is 1160. The quantitative estimate of drug-likeness (QED) is 0.284. The van der Waals surface area contributed by atoms with E-state index in [-0.39, 0.29) is 6.61 Å². The molecule has 1 aliphatic rings. The molecule has 0 saturated heterocycles. The first-order chi connectivity index (χ1) is 16.3. The molecule has 184 valence electrons. The standard InChI is InChI=1S/C23H32N6O4S/c1-5-33-7-6-24-23-26-12(3)17(22-28-18-13(4)25-11(2)8-16(18)34-22)21(29-23)27-15-9-14(10-30)19(31)20(15)32/h8,14-15,19-20,30-32H,5-7,9-10H2,1-4H3,(H2,24,26,27,29)/t14-,15-,19-,20+/m1/s1. The Kier molecular flexibility index (Phi) is 7.58. The average molecular weight is 489 g/mol. The summed E-state index contributed by atoms with van der Waals surface area (Å²) in [5.41, 5.74) is 4.09. The number of rotatable bonds is 9. The number of hydrogen-bond donors (Lipinski definition) is 5. The zero-order valence-electron chi connectivity index (χ0n) is 19.9. The number of fused-ring (bicyclic) bond motifs is 1. The summed E-state index contributed by atoms with van der Waals surface area (Å²) in [6.45, 7) is 9.25. The van der Waals surface area contributed by atoms with Crippen molar-refractivity contribution in [1.29, 1.82) is 0 Å². The van der Waals surface area contributed by atoms with Gasteiger partial charge in [-0.15, -0.1) is 11.3 Å². The lowest BCUT2D eigenvalue weighted by molar-refractivity contribution is 0.00446. The van der Waals surface area contributed by atoms with Crippen LogP contribution < -0.4 is 10.6 Å². The third kappa shape index (κ3) is 4.98. The van der Waals surface area contributed by atoms with Crippen LogP contribution in [0, 0.1) is 26.7 Å². The Morgan fingerprint density at radius 2 is 1.88 bits per heavy atom. The van der Waals surface area contributed by atoms with Crippen molar-refractivity contribution in [3.05, 3.63) is 23.1 Å². The first-order valence-electron chi connectivity index (χ1n) is 11.5. The maximum atomic E-state index is 10.6. The Labute approximate surface area is 202 Å². The van der Waals surface area contributed by atoms with Crippen molar-refractivity contribution in [2.45, 2.75) is 52.4 Å². The van der Waals surface area contributed by atoms with Gasteiger partial charge in [0.2, 0.25) is 5.95 Å². The summed E-state index contributed by atoms with van der Waals surface area (Å²) in [5.74, 6) is 0.550. The summed E-state index contributed by atoms with van der Waals surface area (Å²) in [5, 5.41) is 37.7. The molecule has 1 aliphatic carbocycles. The molecular formula is C23H32N6O4S. The molecule has 34 heavy (non-hydrogen) atoms. The molecule has 0 radical (unpaired) electrons. The number of anilines is 2. The van der Waals surface area contributed by atoms with Gasteiger partial charge in [0.1, 0.15) is 22.4 Å². The third-order valence-electron chi connectivity index (χ3n) is 6.08. The van der Waals surface area contributed by atoms with Crippen LogP contribution in [-0.4, -0.2) is 79.9 Å². The van der Waals surface area contributed by atoms with Crippen LogP contribution in [0.15, 0.2) is 6.07 Å². The van der Waals surface area contributed by atoms with Crippen LogP contribution in [0.1, 0.15) is 30.4 Å². The van der Waals surface area contributed by atoms with Gasteiger partial charge < -0.3 is 30.7 Å². The second kappa shape index (κ2) is 10.4. The highest BCUT2D eigenvalue weighted by Gasteiger charge is 2.41. The van der Waals surface area contributed by atoms with Crippen molar-refractivity contribution in [2.75, 3.05) is 37.0 Å². The lowest BCUT2D eigenvalue weighted by Crippen LogP contribution is -2.35. The smallest absolute Gasteiger partial charge is 0.224 e. The molecule has 0 amide bonds. The summed E-state index contributed by atoms with van der Waals surface area (Å²) in [4.78, 5) is 18.7. The van der Waals surface area contributed by atoms with Gasteiger partial charge in [-0.25, -0.2) is 9.97 Å². The van der Waals surface area contributed by atoms with E-state index in [9.17, 15) is 15.3 Å². The number of aliphatic hydroxyl groups excluding tert-OH is 3. The summed E-state index contributed by atoms with van der Waals surface area (Å²) in [7, 11) is 0. The largest absolute Gasteiger partial charge is 0.396 e. The van der Waals surface area contributed by atoms with Gasteiger partial charge in [0.05, 0.1) is 40.4 Å². The average Bonchev–Trinajstić information content (AvgIpc) is 3.33. The molecule has 0 aliphatic heterocycles. The van der Waals surface area contributed by atoms with Crippen molar-refractivity contribution in [2.24, 2.45) is 5.92 Å². The minimum Gasteiger partial charge on any atom is -0.396 e. The Morgan fingerprint density at radius 1 is 1.09 bits per heavy atom. The molecule has 4 atom stereocenters. The van der Waals surface area contributed by atoms with E-state index < -0.39 is 24.2 Å². The van der Waals surface area contributed by atoms with E-state index in [1.165, 1.54) is 11.3 Å². The number of aryl methyl sites for hydroxylation is 3. The molecule has 5 N–H and O–H groups in total. The van der Waals surface area contributed by atoms with Crippen molar-refractivity contribution in [3.63, 3.8) is 0 Å². The monoisotopic (exact) mass is 488 g/mol. The van der Waals surface area contributed by atoms with Crippen molar-refractivity contribution in [1.82, 2.24) is 19.9 Å². The molecule has 0 bridgehead atoms. The molecule has 0 unspecified atom stereocenters. The van der Waals surface area contributed by atoms with Crippen LogP contribution in [0.5, 0.6) is 0 Å². The normalized spacial score (nSPS) is 22.4. The van der Waals surface area contributed by atoms with Gasteiger partial charge in [-0.2, -0.15) is 4.98 Å². The minimum atomic E-state index is -1.03. The summed E-state index contributed by atoms with van der Waals surface area (Å²) in [6.07, 6.45) is -1.62. The Hall–Kier alpha value is -2.44. The Balaban J connectivity index is 1.73. The Morgan fingerprint density at radius 3 is 2.59 bits per heavy atom. The van der Waals surface area contributed by atoms with Crippen LogP contribution in [0.3, 0.4) is 0 Å². The van der Waals surface area contributed by atoms with Gasteiger partial charge in [-0.05, 0) is 40.2 Å². The molecule has 10 nitrogen and oxygen atoms in total. The fourth-order valence-corrected chi connectivity index (χ4v) is 5.56. The van der Waals surface area contributed by atoms with Gasteiger partial charge in [0.25, 0.3) is 0 Å². The molecule has 3 aromatic heterocycles. The lowest BCUT2D eigenvalue weighted by atomic mass is 10.1. The van der Waals surface area contributed by atoms with E-state index in [2.05, 4.69) is 20.6 Å². The summed E-state index contributed by atoms with van der Waals surface area (Å²) in [6, 6.07) is 1.54. The number of ether oxygens (including phenoxy) is 1. The molecule has 0 spiro atoms. The van der Waals surface area contributed by atoms with E-state index in [1.807, 2.05) is 33.8 Å². The zero-order valence-corrected chi connectivity index (χ0v) is 20.7. The number of thiazole rings is 1. The van der Waals surface area contributed by atoms with Crippen LogP contribution in [0.25, 0.3) is 20.8 Å². The second-order valence-electron chi connectivity index (χ2n) is 8.61. The third-order valence-corrected chi connectivity index (χ3v) is 7.10. The highest BCUT2D eigenvalue weighted by molar-refractivity contribution is 7.21. The fourth-order valence-electron chi connectivity index (χ4n) is 4.35. The maximum Gasteiger partial charge on any atom is 0.224 e. The number of pyridine rings is 1. The van der Waals surface area contributed by atoms with Crippen molar-refractivity contribution < 1.29 is 20.1 Å². The topological polar surface area (TPSA) is 146 Å². The van der Waals surface area contributed by atoms with Gasteiger partial charge in [-0.3, -0.25) is 4.98 Å². The first kappa shape index (κ1) is 24.7. The van der Waals surface area contributed by atoms with Gasteiger partial charge in [0.15, 0.2) is 0 Å². The van der Waals surface area contributed by atoms with E-state index in [0.29, 0.717) is 37.9 Å². The van der Waals surface area contributed by atoms with E-state index >= 15 is 0 Å². The van der Waals surface area contributed by atoms with E-state index in [1.54, 1.807) is 0 Å². The highest BCUT2D eigenvalue weighted by atomic mass is 32.1. The zero-order chi connectivity index (χ0) is 24.4. The lowest BCUT2D eigenvalue weighted by Gasteiger charge is -2.21. The van der Waals surface area contributed by atoms with Gasteiger partial charge in [0, 0.05) is 31.4 Å². The number of hydrogen-bond acceptors (Lipinski definition) is 11. The minimum absolute atomic E-state index is 0.195. The maximum absolute atomic E-state index is 10.6. The number of aliphatic hydroxyl groups is 3. The van der Waals surface area contributed by atoms with Gasteiger partial charge >= 0.3 is 0 Å². The fraction of sp³-hybridized carbons (Fsp3) is 0.565. The van der Waals surface area contributed by atoms with E-state index in [4.69, 9.17) is 14.7 Å². The second-order valence-corrected chi connectivity index (χ2v) is 9.64. The van der Waals surface area contributed by atoms with E-state index in [0.717, 1.165) is 37.9 Å². The molecule has 11 heteroatoms. The van der Waals surface area contributed by atoms with Crippen LogP contribution in [0.2, 0.25) is 0 Å². The predicted molar refractivity (Wildman–Crippen MR) is 132 cm³/mol. The molecule has 1 saturated carbocycles. The van der Waals surface area contributed by atoms with Crippen molar-refractivity contribution in [3.8, 4) is 10.6 Å². The number of nitrogens with zero attached hydrogens (tertiary/aromatic N) is 4. The molecule has 4 rings (SSSR count). The molecule has 1 fully saturated rings. The number of nitrogens with one attached hydrogen (secondary N) is 2. The van der Waals surface area contributed by atoms with Crippen LogP contribution in [0.4, 0.5) is 11.8 Å². The SMILES string of the molecule is CCOCCNc1nc(C)c(-c2nc3c(C)nc(C)cc3s2)c(N[C@@H]2C[C@H](CO)[C@@H](O)[C@H]2O)n1. The molecule has 0 aromatic carbocycles.